The van der Waals surface area contributed by atoms with Crippen LogP contribution in [0.5, 0.6) is 0 Å². The molecule has 0 unspecified atom stereocenters. The molecule has 0 aliphatic carbocycles. The molecule has 1 aliphatic heterocycles. The number of piperazine rings is 1. The smallest absolute Gasteiger partial charge is 0.243 e. The van der Waals surface area contributed by atoms with Gasteiger partial charge in [-0.25, -0.2) is 0 Å². The van der Waals surface area contributed by atoms with Crippen molar-refractivity contribution in [2.45, 2.75) is 20.8 Å². The highest BCUT2D eigenvalue weighted by atomic mass is 35.5. The lowest BCUT2D eigenvalue weighted by Crippen LogP contribution is -2.48. The Balaban J connectivity index is 0.00000288. The number of halogens is 2. The minimum Gasteiger partial charge on any atom is -0.346 e. The quantitative estimate of drug-likeness (QED) is 0.710. The molecule has 1 fully saturated rings. The number of nitrogens with one attached hydrogen (secondary N) is 3. The lowest BCUT2D eigenvalue weighted by atomic mass is 10.1. The summed E-state index contributed by atoms with van der Waals surface area (Å²) in [5.41, 5.74) is 4.06. The van der Waals surface area contributed by atoms with Gasteiger partial charge in [-0.05, 0) is 31.9 Å². The first kappa shape index (κ1) is 23.7. The van der Waals surface area contributed by atoms with Crippen LogP contribution in [0.15, 0.2) is 12.1 Å². The molecule has 0 aromatic heterocycles. The van der Waals surface area contributed by atoms with Gasteiger partial charge in [-0.1, -0.05) is 17.7 Å². The maximum Gasteiger partial charge on any atom is 0.243 e. The maximum atomic E-state index is 12.0. The van der Waals surface area contributed by atoms with E-state index in [0.717, 1.165) is 43.0 Å². The van der Waals surface area contributed by atoms with E-state index >= 15 is 0 Å². The molecule has 0 spiro atoms. The number of benzene rings is 1. The normalized spacial score (nSPS) is 14.0. The highest BCUT2D eigenvalue weighted by Crippen LogP contribution is 2.21. The zero-order valence-corrected chi connectivity index (χ0v) is 16.6. The van der Waals surface area contributed by atoms with Crippen LogP contribution in [0.4, 0.5) is 5.69 Å². The van der Waals surface area contributed by atoms with Crippen LogP contribution in [-0.4, -0.2) is 56.0 Å². The van der Waals surface area contributed by atoms with Crippen LogP contribution in [0.2, 0.25) is 0 Å². The third kappa shape index (κ3) is 7.61. The van der Waals surface area contributed by atoms with Gasteiger partial charge < -0.3 is 16.0 Å². The van der Waals surface area contributed by atoms with Gasteiger partial charge in [0.1, 0.15) is 0 Å². The first-order valence-electron chi connectivity index (χ1n) is 8.03. The summed E-state index contributed by atoms with van der Waals surface area (Å²) in [5, 5.41) is 8.82. The molecule has 0 atom stereocenters. The minimum absolute atomic E-state index is 0. The lowest BCUT2D eigenvalue weighted by molar-refractivity contribution is -0.125. The van der Waals surface area contributed by atoms with E-state index in [2.05, 4.69) is 20.9 Å². The van der Waals surface area contributed by atoms with E-state index in [-0.39, 0.29) is 43.2 Å². The molecule has 0 bridgehead atoms. The summed E-state index contributed by atoms with van der Waals surface area (Å²) in [6.45, 7) is 9.84. The summed E-state index contributed by atoms with van der Waals surface area (Å²) in [7, 11) is 0. The van der Waals surface area contributed by atoms with E-state index in [1.165, 1.54) is 5.56 Å². The number of carbonyl (C=O) groups is 2. The van der Waals surface area contributed by atoms with Crippen molar-refractivity contribution in [2.24, 2.45) is 0 Å². The van der Waals surface area contributed by atoms with Crippen LogP contribution in [0, 0.1) is 20.8 Å². The molecule has 1 aromatic carbocycles. The first-order chi connectivity index (χ1) is 11.0. The Bertz CT molecular complexity index is 567. The van der Waals surface area contributed by atoms with Gasteiger partial charge in [0.2, 0.25) is 11.8 Å². The van der Waals surface area contributed by atoms with Crippen molar-refractivity contribution in [3.63, 3.8) is 0 Å². The van der Waals surface area contributed by atoms with Gasteiger partial charge in [0.05, 0.1) is 13.1 Å². The van der Waals surface area contributed by atoms with Crippen LogP contribution < -0.4 is 16.0 Å². The van der Waals surface area contributed by atoms with Gasteiger partial charge in [-0.2, -0.15) is 0 Å². The fraction of sp³-hybridized carbons (Fsp3) is 0.529. The number of hydrogen-bond donors (Lipinski definition) is 3. The average molecular weight is 391 g/mol. The Morgan fingerprint density at radius 3 is 2.16 bits per heavy atom. The average Bonchev–Trinajstić information content (AvgIpc) is 2.50. The van der Waals surface area contributed by atoms with Crippen molar-refractivity contribution in [1.82, 2.24) is 15.5 Å². The number of hydrogen-bond acceptors (Lipinski definition) is 4. The number of carbonyl (C=O) groups excluding carboxylic acids is 2. The molecule has 8 heteroatoms. The molecule has 1 saturated heterocycles. The maximum absolute atomic E-state index is 12.0. The number of anilines is 1. The molecule has 2 amide bonds. The predicted molar refractivity (Wildman–Crippen MR) is 106 cm³/mol. The van der Waals surface area contributed by atoms with Gasteiger partial charge in [0, 0.05) is 31.9 Å². The van der Waals surface area contributed by atoms with Crippen LogP contribution >= 0.6 is 24.8 Å². The van der Waals surface area contributed by atoms with Crippen LogP contribution in [-0.2, 0) is 9.59 Å². The summed E-state index contributed by atoms with van der Waals surface area (Å²) >= 11 is 0. The van der Waals surface area contributed by atoms with Crippen molar-refractivity contribution < 1.29 is 9.59 Å². The molecular formula is C17H28Cl2N4O2. The first-order valence-corrected chi connectivity index (χ1v) is 8.03. The predicted octanol–water partition coefficient (Wildman–Crippen LogP) is 1.42. The largest absolute Gasteiger partial charge is 0.346 e. The van der Waals surface area contributed by atoms with Crippen molar-refractivity contribution in [3.8, 4) is 0 Å². The molecule has 1 aromatic rings. The molecule has 1 aliphatic rings. The molecule has 2 rings (SSSR count). The van der Waals surface area contributed by atoms with Gasteiger partial charge >= 0.3 is 0 Å². The van der Waals surface area contributed by atoms with Crippen molar-refractivity contribution in [1.29, 1.82) is 0 Å². The summed E-state index contributed by atoms with van der Waals surface area (Å²) < 4.78 is 0. The van der Waals surface area contributed by atoms with Gasteiger partial charge in [-0.15, -0.1) is 24.8 Å². The topological polar surface area (TPSA) is 73.5 Å². The lowest BCUT2D eigenvalue weighted by Gasteiger charge is -2.26. The Hall–Kier alpha value is -1.34. The second-order valence-electron chi connectivity index (χ2n) is 6.12. The number of amides is 2. The van der Waals surface area contributed by atoms with Crippen LogP contribution in [0.25, 0.3) is 0 Å². The summed E-state index contributed by atoms with van der Waals surface area (Å²) in [4.78, 5) is 26.0. The van der Waals surface area contributed by atoms with Gasteiger partial charge in [0.15, 0.2) is 0 Å². The van der Waals surface area contributed by atoms with Crippen molar-refractivity contribution in [2.75, 3.05) is 44.6 Å². The Morgan fingerprint density at radius 1 is 1.04 bits per heavy atom. The Labute approximate surface area is 161 Å². The molecule has 25 heavy (non-hydrogen) atoms. The van der Waals surface area contributed by atoms with Crippen LogP contribution in [0.3, 0.4) is 0 Å². The van der Waals surface area contributed by atoms with E-state index in [1.54, 1.807) is 0 Å². The van der Waals surface area contributed by atoms with E-state index in [1.807, 2.05) is 32.9 Å². The standard InChI is InChI=1S/C17H26N4O2.2ClH/c1-12-8-13(2)17(14(3)9-12)20-15(22)10-19-16(23)11-21-6-4-18-5-7-21;;/h8-9,18H,4-7,10-11H2,1-3H3,(H,19,23)(H,20,22);2*1H. The fourth-order valence-electron chi connectivity index (χ4n) is 2.87. The van der Waals surface area contributed by atoms with Crippen molar-refractivity contribution >= 4 is 42.3 Å². The van der Waals surface area contributed by atoms with Crippen molar-refractivity contribution in [3.05, 3.63) is 28.8 Å². The Morgan fingerprint density at radius 2 is 1.60 bits per heavy atom. The highest BCUT2D eigenvalue weighted by Gasteiger charge is 2.14. The van der Waals surface area contributed by atoms with E-state index in [9.17, 15) is 9.59 Å². The highest BCUT2D eigenvalue weighted by molar-refractivity contribution is 5.96. The fourth-order valence-corrected chi connectivity index (χ4v) is 2.87. The summed E-state index contributed by atoms with van der Waals surface area (Å²) in [6.07, 6.45) is 0. The molecule has 1 heterocycles. The molecule has 142 valence electrons. The summed E-state index contributed by atoms with van der Waals surface area (Å²) in [5.74, 6) is -0.312. The third-order valence-corrected chi connectivity index (χ3v) is 3.96. The molecule has 3 N–H and O–H groups in total. The molecular weight excluding hydrogens is 363 g/mol. The number of rotatable bonds is 5. The Kier molecular flexibility index (Phi) is 10.7. The second kappa shape index (κ2) is 11.3. The molecule has 0 radical (unpaired) electrons. The molecule has 6 nitrogen and oxygen atoms in total. The monoisotopic (exact) mass is 390 g/mol. The van der Waals surface area contributed by atoms with Gasteiger partial charge in [0.25, 0.3) is 0 Å². The number of aryl methyl sites for hydroxylation is 3. The zero-order valence-electron chi connectivity index (χ0n) is 15.0. The van der Waals surface area contributed by atoms with Gasteiger partial charge in [-0.3, -0.25) is 14.5 Å². The SMILES string of the molecule is Cc1cc(C)c(NC(=O)CNC(=O)CN2CCNCC2)c(C)c1.Cl.Cl. The second-order valence-corrected chi connectivity index (χ2v) is 6.12. The number of nitrogens with zero attached hydrogens (tertiary/aromatic N) is 1. The van der Waals surface area contributed by atoms with Crippen LogP contribution in [0.1, 0.15) is 16.7 Å². The third-order valence-electron chi connectivity index (χ3n) is 3.96. The summed E-state index contributed by atoms with van der Waals surface area (Å²) in [6, 6.07) is 4.07. The van der Waals surface area contributed by atoms with E-state index in [0.29, 0.717) is 6.54 Å². The zero-order chi connectivity index (χ0) is 16.8. The van der Waals surface area contributed by atoms with E-state index in [4.69, 9.17) is 0 Å². The van der Waals surface area contributed by atoms with E-state index < -0.39 is 0 Å². The minimum atomic E-state index is -0.200. The molecule has 0 saturated carbocycles.